The molecule has 2 aromatic rings. The molecule has 3 rings (SSSR count). The molecular formula is C16H10Cl3F3N2O. The molecule has 1 heterocycles. The Labute approximate surface area is 156 Å². The van der Waals surface area contributed by atoms with Gasteiger partial charge in [-0.05, 0) is 36.4 Å². The Hall–Kier alpha value is -1.63. The van der Waals surface area contributed by atoms with Gasteiger partial charge in [0.1, 0.15) is 0 Å². The predicted octanol–water partition coefficient (Wildman–Crippen LogP) is 6.11. The summed E-state index contributed by atoms with van der Waals surface area (Å²) in [6.07, 6.45) is -4.60. The molecule has 0 bridgehead atoms. The maximum atomic E-state index is 13.0. The van der Waals surface area contributed by atoms with Crippen LogP contribution in [0.25, 0.3) is 0 Å². The molecule has 0 radical (unpaired) electrons. The van der Waals surface area contributed by atoms with Crippen LogP contribution in [0.1, 0.15) is 5.56 Å². The van der Waals surface area contributed by atoms with Crippen LogP contribution < -0.4 is 9.80 Å². The number of carbonyl (C=O) groups is 1. The molecule has 0 atom stereocenters. The summed E-state index contributed by atoms with van der Waals surface area (Å²) in [6, 6.07) is 7.65. The Balaban J connectivity index is 1.91. The van der Waals surface area contributed by atoms with E-state index in [2.05, 4.69) is 0 Å². The van der Waals surface area contributed by atoms with Gasteiger partial charge in [-0.25, -0.2) is 4.79 Å². The quantitative estimate of drug-likeness (QED) is 0.587. The Morgan fingerprint density at radius 1 is 0.800 bits per heavy atom. The van der Waals surface area contributed by atoms with Crippen LogP contribution >= 0.6 is 34.8 Å². The lowest BCUT2D eigenvalue weighted by molar-refractivity contribution is -0.137. The van der Waals surface area contributed by atoms with E-state index in [1.165, 1.54) is 21.9 Å². The highest BCUT2D eigenvalue weighted by Gasteiger charge is 2.36. The van der Waals surface area contributed by atoms with Gasteiger partial charge in [0, 0.05) is 24.5 Å². The molecule has 25 heavy (non-hydrogen) atoms. The smallest absolute Gasteiger partial charge is 0.292 e. The fourth-order valence-corrected chi connectivity index (χ4v) is 3.08. The van der Waals surface area contributed by atoms with Crippen LogP contribution in [-0.4, -0.2) is 19.1 Å². The molecule has 0 spiro atoms. The zero-order valence-corrected chi connectivity index (χ0v) is 14.7. The van der Waals surface area contributed by atoms with Crippen molar-refractivity contribution in [2.24, 2.45) is 0 Å². The van der Waals surface area contributed by atoms with Gasteiger partial charge in [0.2, 0.25) is 0 Å². The highest BCUT2D eigenvalue weighted by atomic mass is 35.5. The van der Waals surface area contributed by atoms with Crippen molar-refractivity contribution in [2.75, 3.05) is 22.9 Å². The van der Waals surface area contributed by atoms with Crippen LogP contribution in [0.5, 0.6) is 0 Å². The van der Waals surface area contributed by atoms with E-state index in [0.717, 1.165) is 12.1 Å². The van der Waals surface area contributed by atoms with Crippen molar-refractivity contribution in [3.63, 3.8) is 0 Å². The SMILES string of the molecule is O=C1N(c2ccc(Cl)c(Cl)c2)CCN1c1ccc(Cl)c(C(F)(F)F)c1. The van der Waals surface area contributed by atoms with E-state index in [1.54, 1.807) is 12.1 Å². The molecule has 0 N–H and O–H groups in total. The van der Waals surface area contributed by atoms with Crippen LogP contribution in [0.4, 0.5) is 29.3 Å². The molecule has 132 valence electrons. The summed E-state index contributed by atoms with van der Waals surface area (Å²) in [5.74, 6) is 0. The lowest BCUT2D eigenvalue weighted by atomic mass is 10.2. The number of hydrogen-bond donors (Lipinski definition) is 0. The van der Waals surface area contributed by atoms with Gasteiger partial charge in [0.15, 0.2) is 0 Å². The number of hydrogen-bond acceptors (Lipinski definition) is 1. The van der Waals surface area contributed by atoms with Crippen LogP contribution in [0.3, 0.4) is 0 Å². The first-order chi connectivity index (χ1) is 11.7. The third kappa shape index (κ3) is 3.52. The Kier molecular flexibility index (Phi) is 4.79. The number of carbonyl (C=O) groups excluding carboxylic acids is 1. The zero-order chi connectivity index (χ0) is 18.4. The van der Waals surface area contributed by atoms with Gasteiger partial charge in [-0.3, -0.25) is 9.80 Å². The van der Waals surface area contributed by atoms with Gasteiger partial charge in [0.05, 0.1) is 20.6 Å². The maximum absolute atomic E-state index is 13.0. The lowest BCUT2D eigenvalue weighted by Crippen LogP contribution is -2.31. The average Bonchev–Trinajstić information content (AvgIpc) is 2.91. The molecule has 9 heteroatoms. The molecule has 0 aliphatic carbocycles. The van der Waals surface area contributed by atoms with E-state index < -0.39 is 22.8 Å². The minimum Gasteiger partial charge on any atom is -0.292 e. The molecule has 2 amide bonds. The molecule has 0 saturated carbocycles. The molecular weight excluding hydrogens is 400 g/mol. The minimum atomic E-state index is -4.60. The van der Waals surface area contributed by atoms with Crippen molar-refractivity contribution >= 4 is 52.2 Å². The highest BCUT2D eigenvalue weighted by Crippen LogP contribution is 2.38. The topological polar surface area (TPSA) is 23.6 Å². The number of nitrogens with zero attached hydrogens (tertiary/aromatic N) is 2. The average molecular weight is 410 g/mol. The summed E-state index contributed by atoms with van der Waals surface area (Å²) in [5, 5.41) is 0.224. The molecule has 0 aromatic heterocycles. The van der Waals surface area contributed by atoms with Crippen LogP contribution in [-0.2, 0) is 6.18 Å². The number of urea groups is 1. The van der Waals surface area contributed by atoms with Crippen LogP contribution in [0.15, 0.2) is 36.4 Å². The van der Waals surface area contributed by atoms with Gasteiger partial charge < -0.3 is 0 Å². The third-order valence-electron chi connectivity index (χ3n) is 3.79. The predicted molar refractivity (Wildman–Crippen MR) is 93.0 cm³/mol. The number of anilines is 2. The van der Waals surface area contributed by atoms with Gasteiger partial charge in [-0.1, -0.05) is 34.8 Å². The van der Waals surface area contributed by atoms with Gasteiger partial charge in [0.25, 0.3) is 0 Å². The van der Waals surface area contributed by atoms with Gasteiger partial charge >= 0.3 is 12.2 Å². The summed E-state index contributed by atoms with van der Waals surface area (Å²) in [7, 11) is 0. The van der Waals surface area contributed by atoms with Gasteiger partial charge in [-0.15, -0.1) is 0 Å². The number of benzene rings is 2. The summed E-state index contributed by atoms with van der Waals surface area (Å²) in [6.45, 7) is 0.540. The number of alkyl halides is 3. The molecule has 2 aromatic carbocycles. The zero-order valence-electron chi connectivity index (χ0n) is 12.4. The summed E-state index contributed by atoms with van der Waals surface area (Å²) in [5.41, 5.74) is -0.330. The molecule has 0 unspecified atom stereocenters. The van der Waals surface area contributed by atoms with Crippen molar-refractivity contribution in [3.8, 4) is 0 Å². The van der Waals surface area contributed by atoms with Crippen LogP contribution in [0, 0.1) is 0 Å². The normalized spacial score (nSPS) is 15.2. The second kappa shape index (κ2) is 6.59. The van der Waals surface area contributed by atoms with Crippen molar-refractivity contribution in [1.82, 2.24) is 0 Å². The summed E-state index contributed by atoms with van der Waals surface area (Å²) < 4.78 is 39.0. The Morgan fingerprint density at radius 3 is 1.84 bits per heavy atom. The summed E-state index contributed by atoms with van der Waals surface area (Å²) >= 11 is 17.4. The second-order valence-corrected chi connectivity index (χ2v) is 6.57. The monoisotopic (exact) mass is 408 g/mol. The largest absolute Gasteiger partial charge is 0.417 e. The van der Waals surface area contributed by atoms with Crippen molar-refractivity contribution < 1.29 is 18.0 Å². The number of rotatable bonds is 2. The van der Waals surface area contributed by atoms with E-state index in [0.29, 0.717) is 17.3 Å². The second-order valence-electron chi connectivity index (χ2n) is 5.35. The van der Waals surface area contributed by atoms with E-state index >= 15 is 0 Å². The van der Waals surface area contributed by atoms with Crippen molar-refractivity contribution in [1.29, 1.82) is 0 Å². The first-order valence-corrected chi connectivity index (χ1v) is 8.22. The van der Waals surface area contributed by atoms with Crippen LogP contribution in [0.2, 0.25) is 15.1 Å². The van der Waals surface area contributed by atoms with Crippen molar-refractivity contribution in [3.05, 3.63) is 57.0 Å². The molecule has 1 saturated heterocycles. The first kappa shape index (κ1) is 18.2. The standard InChI is InChI=1S/C16H10Cl3F3N2O/c17-12-3-1-9(7-11(12)16(20,21)22)23-5-6-24(15(23)25)10-2-4-13(18)14(19)8-10/h1-4,7-8H,5-6H2. The molecule has 1 aliphatic heterocycles. The molecule has 1 fully saturated rings. The van der Waals surface area contributed by atoms with E-state index in [-0.39, 0.29) is 17.3 Å². The first-order valence-electron chi connectivity index (χ1n) is 7.09. The fraction of sp³-hybridized carbons (Fsp3) is 0.188. The Bertz CT molecular complexity index is 842. The number of amides is 2. The lowest BCUT2D eigenvalue weighted by Gasteiger charge is -2.20. The van der Waals surface area contributed by atoms with E-state index in [9.17, 15) is 18.0 Å². The van der Waals surface area contributed by atoms with E-state index in [1.807, 2.05) is 0 Å². The third-order valence-corrected chi connectivity index (χ3v) is 4.86. The maximum Gasteiger partial charge on any atom is 0.417 e. The Morgan fingerprint density at radius 2 is 1.32 bits per heavy atom. The van der Waals surface area contributed by atoms with Gasteiger partial charge in [-0.2, -0.15) is 13.2 Å². The van der Waals surface area contributed by atoms with E-state index in [4.69, 9.17) is 34.8 Å². The van der Waals surface area contributed by atoms with Crippen molar-refractivity contribution in [2.45, 2.75) is 6.18 Å². The minimum absolute atomic E-state index is 0.129. The summed E-state index contributed by atoms with van der Waals surface area (Å²) in [4.78, 5) is 15.3. The fourth-order valence-electron chi connectivity index (χ4n) is 2.57. The number of halogens is 6. The molecule has 1 aliphatic rings. The molecule has 3 nitrogen and oxygen atoms in total. The highest BCUT2D eigenvalue weighted by molar-refractivity contribution is 6.42.